The predicted molar refractivity (Wildman–Crippen MR) is 135 cm³/mol. The number of nitrogens with one attached hydrogen (secondary N) is 2. The van der Waals surface area contributed by atoms with Crippen LogP contribution in [0.3, 0.4) is 0 Å². The third-order valence-electron chi connectivity index (χ3n) is 8.60. The molecule has 36 heavy (non-hydrogen) atoms. The second kappa shape index (κ2) is 10.1. The number of nitrogens with two attached hydrogens (primary N) is 1. The van der Waals surface area contributed by atoms with Crippen molar-refractivity contribution in [2.24, 2.45) is 23.5 Å². The van der Waals surface area contributed by atoms with Gasteiger partial charge >= 0.3 is 5.97 Å². The van der Waals surface area contributed by atoms with Crippen molar-refractivity contribution in [1.82, 2.24) is 20.4 Å². The lowest BCUT2D eigenvalue weighted by atomic mass is 9.73. The molecule has 11 heteroatoms. The normalized spacial score (nSPS) is 36.9. The minimum atomic E-state index is -1.10. The van der Waals surface area contributed by atoms with Crippen molar-refractivity contribution in [3.05, 3.63) is 10.6 Å². The molecule has 4 saturated heterocycles. The molecule has 0 unspecified atom stereocenters. The number of likely N-dealkylation sites (tertiary alicyclic amines) is 1. The number of carbonyl (C=O) groups is 4. The van der Waals surface area contributed by atoms with E-state index in [0.29, 0.717) is 37.4 Å². The van der Waals surface area contributed by atoms with E-state index in [1.165, 1.54) is 16.7 Å². The van der Waals surface area contributed by atoms with E-state index in [4.69, 9.17) is 5.73 Å². The number of thioether (sulfide) groups is 1. The minimum Gasteiger partial charge on any atom is -0.477 e. The fraction of sp³-hybridized carbons (Fsp3) is 0.760. The van der Waals surface area contributed by atoms with Crippen LogP contribution >= 0.6 is 11.8 Å². The first kappa shape index (κ1) is 25.7. The van der Waals surface area contributed by atoms with Gasteiger partial charge in [0.05, 0.1) is 24.0 Å². The Morgan fingerprint density at radius 2 is 2.00 bits per heavy atom. The van der Waals surface area contributed by atoms with Gasteiger partial charge in [0.15, 0.2) is 0 Å². The van der Waals surface area contributed by atoms with Gasteiger partial charge in [-0.3, -0.25) is 14.4 Å². The SMILES string of the molecule is C[C@@H](CC(=O)[C@@H]1CCCN1)[C@H]1C(=O)N2C(C(=O)O)=C(S[C@@H]3CN[C@H](C(=O)N4CC[C@@H](N)C4)C3)[C@H](C)[C@H]12. The molecular formula is C25H37N5O5S. The van der Waals surface area contributed by atoms with Gasteiger partial charge in [0.1, 0.15) is 11.5 Å². The standard InChI is InChI=1S/C25H37N5O5S/c1-12(8-18(31)16-4-3-6-27-16)19-20-13(2)22(21(25(34)35)30(20)24(19)33)36-15-9-17(28-10-15)23(32)29-7-5-14(26)11-29/h12-17,19-20,27-28H,3-11,26H2,1-2H3,(H,34,35)/t12-,13+,14+,15-,16-,17-,19+,20+/m0/s1. The zero-order valence-electron chi connectivity index (χ0n) is 20.9. The van der Waals surface area contributed by atoms with Crippen LogP contribution in [0.4, 0.5) is 0 Å². The van der Waals surface area contributed by atoms with Crippen LogP contribution < -0.4 is 16.4 Å². The van der Waals surface area contributed by atoms with Gasteiger partial charge in [-0.05, 0) is 38.1 Å². The van der Waals surface area contributed by atoms with Crippen LogP contribution in [0.15, 0.2) is 10.6 Å². The van der Waals surface area contributed by atoms with Crippen molar-refractivity contribution >= 4 is 35.3 Å². The molecule has 0 aromatic carbocycles. The molecule has 5 aliphatic heterocycles. The zero-order valence-corrected chi connectivity index (χ0v) is 21.8. The summed E-state index contributed by atoms with van der Waals surface area (Å²) in [5.41, 5.74) is 6.03. The summed E-state index contributed by atoms with van der Waals surface area (Å²) in [6, 6.07) is -0.617. The van der Waals surface area contributed by atoms with E-state index in [1.54, 1.807) is 0 Å². The van der Waals surface area contributed by atoms with Gasteiger partial charge in [0.25, 0.3) is 0 Å². The van der Waals surface area contributed by atoms with Crippen LogP contribution in [-0.4, -0.2) is 94.1 Å². The lowest BCUT2D eigenvalue weighted by Gasteiger charge is -2.47. The lowest BCUT2D eigenvalue weighted by Crippen LogP contribution is -2.62. The average Bonchev–Trinajstić information content (AvgIpc) is 3.62. The molecule has 198 valence electrons. The molecule has 0 radical (unpaired) electrons. The summed E-state index contributed by atoms with van der Waals surface area (Å²) in [7, 11) is 0. The predicted octanol–water partition coefficient (Wildman–Crippen LogP) is 0.130. The van der Waals surface area contributed by atoms with Crippen LogP contribution in [0, 0.1) is 17.8 Å². The van der Waals surface area contributed by atoms with E-state index in [9.17, 15) is 24.3 Å². The molecule has 10 nitrogen and oxygen atoms in total. The van der Waals surface area contributed by atoms with Gasteiger partial charge in [-0.15, -0.1) is 11.8 Å². The number of fused-ring (bicyclic) bond motifs is 1. The number of β-lactam (4-membered cyclic amide) rings is 1. The van der Waals surface area contributed by atoms with Crippen LogP contribution in [0.5, 0.6) is 0 Å². The summed E-state index contributed by atoms with van der Waals surface area (Å²) in [4.78, 5) is 55.0. The van der Waals surface area contributed by atoms with Gasteiger partial charge in [-0.25, -0.2) is 4.79 Å². The smallest absolute Gasteiger partial charge is 0.353 e. The second-order valence-corrected chi connectivity index (χ2v) is 12.4. The Morgan fingerprint density at radius 3 is 2.64 bits per heavy atom. The highest BCUT2D eigenvalue weighted by molar-refractivity contribution is 8.03. The summed E-state index contributed by atoms with van der Waals surface area (Å²) >= 11 is 1.49. The molecule has 2 amide bonds. The van der Waals surface area contributed by atoms with Crippen molar-refractivity contribution < 1.29 is 24.3 Å². The number of carboxylic acids is 1. The Hall–Kier alpha value is -1.95. The van der Waals surface area contributed by atoms with E-state index >= 15 is 0 Å². The van der Waals surface area contributed by atoms with Gasteiger partial charge < -0.3 is 31.3 Å². The van der Waals surface area contributed by atoms with Crippen molar-refractivity contribution in [2.45, 2.75) is 75.4 Å². The van der Waals surface area contributed by atoms with Crippen LogP contribution in [0.1, 0.15) is 46.0 Å². The maximum Gasteiger partial charge on any atom is 0.353 e. The Labute approximate surface area is 215 Å². The Bertz CT molecular complexity index is 982. The molecule has 0 aliphatic carbocycles. The first-order valence-electron chi connectivity index (χ1n) is 13.2. The third-order valence-corrected chi connectivity index (χ3v) is 10.1. The van der Waals surface area contributed by atoms with Crippen LogP contribution in [-0.2, 0) is 19.2 Å². The molecule has 0 aromatic rings. The van der Waals surface area contributed by atoms with E-state index in [2.05, 4.69) is 10.6 Å². The number of ketones is 1. The number of hydrogen-bond acceptors (Lipinski definition) is 8. The number of rotatable bonds is 8. The summed E-state index contributed by atoms with van der Waals surface area (Å²) in [6.07, 6.45) is 3.58. The Morgan fingerprint density at radius 1 is 1.22 bits per heavy atom. The zero-order chi connectivity index (χ0) is 25.7. The Balaban J connectivity index is 1.24. The molecule has 8 atom stereocenters. The number of amides is 2. The topological polar surface area (TPSA) is 145 Å². The molecule has 0 saturated carbocycles. The van der Waals surface area contributed by atoms with Gasteiger partial charge in [-0.2, -0.15) is 0 Å². The fourth-order valence-corrected chi connectivity index (χ4v) is 8.16. The van der Waals surface area contributed by atoms with Crippen molar-refractivity contribution in [3.63, 3.8) is 0 Å². The van der Waals surface area contributed by atoms with E-state index < -0.39 is 5.97 Å². The monoisotopic (exact) mass is 519 g/mol. The van der Waals surface area contributed by atoms with Crippen LogP contribution in [0.2, 0.25) is 0 Å². The highest BCUT2D eigenvalue weighted by Crippen LogP contribution is 2.53. The fourth-order valence-electron chi connectivity index (χ4n) is 6.68. The number of carboxylic acid groups (broad SMARTS) is 1. The number of nitrogens with zero attached hydrogens (tertiary/aromatic N) is 2. The van der Waals surface area contributed by atoms with E-state index in [0.717, 1.165) is 25.8 Å². The molecular weight excluding hydrogens is 482 g/mol. The minimum absolute atomic E-state index is 0.0327. The molecule has 0 aromatic heterocycles. The molecule has 5 N–H and O–H groups in total. The van der Waals surface area contributed by atoms with Gasteiger partial charge in [0, 0.05) is 48.2 Å². The number of Topliss-reactive ketones (excluding diaryl/α,β-unsaturated/α-hetero) is 1. The second-order valence-electron chi connectivity index (χ2n) is 11.1. The highest BCUT2D eigenvalue weighted by atomic mass is 32.2. The molecule has 5 aliphatic rings. The summed E-state index contributed by atoms with van der Waals surface area (Å²) in [6.45, 7) is 6.63. The molecule has 0 bridgehead atoms. The van der Waals surface area contributed by atoms with Gasteiger partial charge in [0.2, 0.25) is 11.8 Å². The maximum absolute atomic E-state index is 13.2. The quantitative estimate of drug-likeness (QED) is 0.329. The number of aliphatic carboxylic acids is 1. The summed E-state index contributed by atoms with van der Waals surface area (Å²) < 4.78 is 0. The first-order valence-corrected chi connectivity index (χ1v) is 14.1. The lowest BCUT2D eigenvalue weighted by molar-refractivity contribution is -0.160. The number of carbonyl (C=O) groups excluding carboxylic acids is 3. The van der Waals surface area contributed by atoms with Gasteiger partial charge in [-0.1, -0.05) is 13.8 Å². The van der Waals surface area contributed by atoms with Crippen LogP contribution in [0.25, 0.3) is 0 Å². The maximum atomic E-state index is 13.2. The highest BCUT2D eigenvalue weighted by Gasteiger charge is 2.60. The van der Waals surface area contributed by atoms with E-state index in [1.807, 2.05) is 18.7 Å². The van der Waals surface area contributed by atoms with Crippen molar-refractivity contribution in [1.29, 1.82) is 0 Å². The third kappa shape index (κ3) is 4.48. The first-order chi connectivity index (χ1) is 17.2. The summed E-state index contributed by atoms with van der Waals surface area (Å²) in [5.74, 6) is -1.70. The average molecular weight is 520 g/mol. The molecule has 0 spiro atoms. The Kier molecular flexibility index (Phi) is 7.19. The molecule has 4 fully saturated rings. The van der Waals surface area contributed by atoms with Crippen molar-refractivity contribution in [3.8, 4) is 0 Å². The molecule has 5 rings (SSSR count). The molecule has 5 heterocycles. The van der Waals surface area contributed by atoms with Crippen molar-refractivity contribution in [2.75, 3.05) is 26.2 Å². The summed E-state index contributed by atoms with van der Waals surface area (Å²) in [5, 5.41) is 16.6. The largest absolute Gasteiger partial charge is 0.477 e. The van der Waals surface area contributed by atoms with E-state index in [-0.39, 0.29) is 70.5 Å². The number of hydrogen-bond donors (Lipinski definition) is 4.